The molecule has 7 nitrogen and oxygen atoms in total. The first-order chi connectivity index (χ1) is 10.0. The number of aliphatic hydroxyl groups excluding tert-OH is 5. The van der Waals surface area contributed by atoms with Gasteiger partial charge in [-0.2, -0.15) is 0 Å². The second-order valence-electron chi connectivity index (χ2n) is 4.99. The number of hydrogen-bond acceptors (Lipinski definition) is 7. The number of hydrogen-bond donors (Lipinski definition) is 5. The predicted molar refractivity (Wildman–Crippen MR) is 71.0 cm³/mol. The Labute approximate surface area is 122 Å². The maximum atomic E-state index is 9.85. The number of rotatable bonds is 5. The highest BCUT2D eigenvalue weighted by atomic mass is 16.7. The highest BCUT2D eigenvalue weighted by Gasteiger charge is 2.46. The third kappa shape index (κ3) is 3.78. The van der Waals surface area contributed by atoms with Gasteiger partial charge in [-0.3, -0.25) is 0 Å². The van der Waals surface area contributed by atoms with E-state index in [2.05, 4.69) is 0 Å². The molecule has 5 N–H and O–H groups in total. The molecule has 1 fully saturated rings. The van der Waals surface area contributed by atoms with E-state index in [-0.39, 0.29) is 6.61 Å². The average Bonchev–Trinajstić information content (AvgIpc) is 2.52. The lowest BCUT2D eigenvalue weighted by Crippen LogP contribution is -2.61. The van der Waals surface area contributed by atoms with Gasteiger partial charge in [0.15, 0.2) is 6.29 Å². The van der Waals surface area contributed by atoms with Crippen molar-refractivity contribution in [1.82, 2.24) is 0 Å². The standard InChI is InChI=1S/C14H20O7/c15-6-9(16)13-11(18)10(17)12(19)14(21-13)20-7-8-4-2-1-3-5-8/h1-5,9-19H,6-7H2/t9-,10+,11+,12+,13-,14+/m1/s1. The summed E-state index contributed by atoms with van der Waals surface area (Å²) in [4.78, 5) is 0. The van der Waals surface area contributed by atoms with Gasteiger partial charge < -0.3 is 35.0 Å². The van der Waals surface area contributed by atoms with E-state index in [4.69, 9.17) is 14.6 Å². The zero-order valence-corrected chi connectivity index (χ0v) is 11.3. The molecule has 0 aromatic heterocycles. The van der Waals surface area contributed by atoms with Crippen LogP contribution in [0.15, 0.2) is 30.3 Å². The van der Waals surface area contributed by atoms with Crippen molar-refractivity contribution in [2.24, 2.45) is 0 Å². The maximum Gasteiger partial charge on any atom is 0.187 e. The van der Waals surface area contributed by atoms with Crippen LogP contribution in [0.1, 0.15) is 5.56 Å². The summed E-state index contributed by atoms with van der Waals surface area (Å²) < 4.78 is 10.7. The monoisotopic (exact) mass is 300 g/mol. The topological polar surface area (TPSA) is 120 Å². The van der Waals surface area contributed by atoms with Crippen molar-refractivity contribution in [3.8, 4) is 0 Å². The van der Waals surface area contributed by atoms with Crippen molar-refractivity contribution < 1.29 is 35.0 Å². The molecule has 0 bridgehead atoms. The van der Waals surface area contributed by atoms with Gasteiger partial charge in [0.2, 0.25) is 0 Å². The molecule has 0 saturated carbocycles. The van der Waals surface area contributed by atoms with Crippen molar-refractivity contribution in [2.45, 2.75) is 43.4 Å². The predicted octanol–water partition coefficient (Wildman–Crippen LogP) is -1.64. The van der Waals surface area contributed by atoms with Crippen LogP contribution in [0.4, 0.5) is 0 Å². The Hall–Kier alpha value is -1.06. The molecule has 0 aliphatic carbocycles. The van der Waals surface area contributed by atoms with Gasteiger partial charge in [0.25, 0.3) is 0 Å². The van der Waals surface area contributed by atoms with Crippen LogP contribution in [0.3, 0.4) is 0 Å². The van der Waals surface area contributed by atoms with Gasteiger partial charge in [-0.1, -0.05) is 30.3 Å². The highest BCUT2D eigenvalue weighted by Crippen LogP contribution is 2.24. The summed E-state index contributed by atoms with van der Waals surface area (Å²) in [6.45, 7) is -0.511. The number of benzene rings is 1. The Morgan fingerprint density at radius 2 is 1.71 bits per heavy atom. The van der Waals surface area contributed by atoms with Crippen LogP contribution in [0.5, 0.6) is 0 Å². The zero-order chi connectivity index (χ0) is 15.4. The Morgan fingerprint density at radius 3 is 2.33 bits per heavy atom. The zero-order valence-electron chi connectivity index (χ0n) is 11.3. The minimum absolute atomic E-state index is 0.132. The molecule has 0 amide bonds. The average molecular weight is 300 g/mol. The fourth-order valence-electron chi connectivity index (χ4n) is 2.19. The van der Waals surface area contributed by atoms with Crippen molar-refractivity contribution in [1.29, 1.82) is 0 Å². The van der Waals surface area contributed by atoms with Crippen molar-refractivity contribution in [3.05, 3.63) is 35.9 Å². The summed E-state index contributed by atoms with van der Waals surface area (Å²) in [7, 11) is 0. The first-order valence-electron chi connectivity index (χ1n) is 6.68. The number of aliphatic hydroxyl groups is 5. The van der Waals surface area contributed by atoms with Gasteiger partial charge >= 0.3 is 0 Å². The van der Waals surface area contributed by atoms with E-state index in [0.717, 1.165) is 5.56 Å². The van der Waals surface area contributed by atoms with Crippen LogP contribution >= 0.6 is 0 Å². The summed E-state index contributed by atoms with van der Waals surface area (Å²) in [5.41, 5.74) is 0.841. The molecular formula is C14H20O7. The molecule has 1 saturated heterocycles. The molecule has 7 heteroatoms. The molecule has 1 aliphatic heterocycles. The van der Waals surface area contributed by atoms with Gasteiger partial charge in [-0.25, -0.2) is 0 Å². The van der Waals surface area contributed by atoms with E-state index in [0.29, 0.717) is 0 Å². The summed E-state index contributed by atoms with van der Waals surface area (Å²) >= 11 is 0. The first-order valence-corrected chi connectivity index (χ1v) is 6.68. The second-order valence-corrected chi connectivity index (χ2v) is 4.99. The third-order valence-electron chi connectivity index (χ3n) is 3.43. The highest BCUT2D eigenvalue weighted by molar-refractivity contribution is 5.13. The van der Waals surface area contributed by atoms with Crippen LogP contribution in [0, 0.1) is 0 Å². The molecule has 0 radical (unpaired) electrons. The molecule has 2 rings (SSSR count). The molecule has 6 atom stereocenters. The minimum atomic E-state index is -1.54. The Kier molecular flexibility index (Phi) is 5.65. The summed E-state index contributed by atoms with van der Waals surface area (Å²) in [6.07, 6.45) is -8.34. The third-order valence-corrected chi connectivity index (χ3v) is 3.43. The van der Waals surface area contributed by atoms with Gasteiger partial charge in [0.1, 0.15) is 30.5 Å². The largest absolute Gasteiger partial charge is 0.394 e. The van der Waals surface area contributed by atoms with E-state index in [1.165, 1.54) is 0 Å². The molecule has 1 aliphatic rings. The lowest BCUT2D eigenvalue weighted by Gasteiger charge is -2.41. The molecule has 0 spiro atoms. The van der Waals surface area contributed by atoms with E-state index in [1.807, 2.05) is 30.3 Å². The van der Waals surface area contributed by atoms with E-state index in [9.17, 15) is 20.4 Å². The SMILES string of the molecule is OC[C@@H](O)[C@H]1O[C@H](OCc2ccccc2)[C@@H](O)[C@@H](O)[C@@H]1O. The van der Waals surface area contributed by atoms with Crippen LogP contribution < -0.4 is 0 Å². The lowest BCUT2D eigenvalue weighted by molar-refractivity contribution is -0.314. The number of ether oxygens (including phenoxy) is 2. The molecule has 0 unspecified atom stereocenters. The molecule has 1 aromatic carbocycles. The Morgan fingerprint density at radius 1 is 1.05 bits per heavy atom. The van der Waals surface area contributed by atoms with E-state index < -0.39 is 43.4 Å². The van der Waals surface area contributed by atoms with Gasteiger partial charge in [0.05, 0.1) is 13.2 Å². The van der Waals surface area contributed by atoms with Gasteiger partial charge in [0, 0.05) is 0 Å². The normalized spacial score (nSPS) is 34.6. The van der Waals surface area contributed by atoms with Gasteiger partial charge in [-0.05, 0) is 5.56 Å². The molecule has 1 heterocycles. The van der Waals surface area contributed by atoms with Crippen LogP contribution in [-0.4, -0.2) is 68.9 Å². The quantitative estimate of drug-likeness (QED) is 0.442. The van der Waals surface area contributed by atoms with Crippen LogP contribution in [0.25, 0.3) is 0 Å². The fraction of sp³-hybridized carbons (Fsp3) is 0.571. The molecule has 1 aromatic rings. The first kappa shape index (κ1) is 16.3. The van der Waals surface area contributed by atoms with Crippen molar-refractivity contribution in [3.63, 3.8) is 0 Å². The van der Waals surface area contributed by atoms with E-state index >= 15 is 0 Å². The van der Waals surface area contributed by atoms with Crippen LogP contribution in [0.2, 0.25) is 0 Å². The Balaban J connectivity index is 2.00. The fourth-order valence-corrected chi connectivity index (χ4v) is 2.19. The molecular weight excluding hydrogens is 280 g/mol. The lowest BCUT2D eigenvalue weighted by atomic mass is 9.95. The van der Waals surface area contributed by atoms with E-state index in [1.54, 1.807) is 0 Å². The molecule has 118 valence electrons. The summed E-state index contributed by atoms with van der Waals surface area (Å²) in [6, 6.07) is 9.14. The van der Waals surface area contributed by atoms with Crippen molar-refractivity contribution in [2.75, 3.05) is 6.61 Å². The minimum Gasteiger partial charge on any atom is -0.394 e. The second kappa shape index (κ2) is 7.28. The smallest absolute Gasteiger partial charge is 0.187 e. The van der Waals surface area contributed by atoms with Crippen molar-refractivity contribution >= 4 is 0 Å². The summed E-state index contributed by atoms with van der Waals surface area (Å²) in [5.74, 6) is 0. The Bertz CT molecular complexity index is 427. The van der Waals surface area contributed by atoms with Crippen LogP contribution in [-0.2, 0) is 16.1 Å². The van der Waals surface area contributed by atoms with Gasteiger partial charge in [-0.15, -0.1) is 0 Å². The summed E-state index contributed by atoms with van der Waals surface area (Å²) in [5, 5.41) is 47.9. The maximum absolute atomic E-state index is 9.85. The molecule has 21 heavy (non-hydrogen) atoms.